The van der Waals surface area contributed by atoms with E-state index in [1.807, 2.05) is 25.1 Å². The molecule has 1 unspecified atom stereocenters. The molecule has 1 atom stereocenters. The molecule has 1 rings (SSSR count). The highest BCUT2D eigenvalue weighted by Crippen LogP contribution is 2.23. The summed E-state index contributed by atoms with van der Waals surface area (Å²) in [4.78, 5) is 11.3. The Labute approximate surface area is 102 Å². The van der Waals surface area contributed by atoms with Crippen LogP contribution in [0, 0.1) is 6.92 Å². The molecule has 2 N–H and O–H groups in total. The Bertz CT molecular complexity index is 390. The summed E-state index contributed by atoms with van der Waals surface area (Å²) in [5.74, 6) is 0.547. The van der Waals surface area contributed by atoms with Gasteiger partial charge in [-0.05, 0) is 31.0 Å². The van der Waals surface area contributed by atoms with E-state index < -0.39 is 0 Å². The second-order valence-corrected chi connectivity index (χ2v) is 3.84. The first-order valence-corrected chi connectivity index (χ1v) is 5.64. The van der Waals surface area contributed by atoms with Gasteiger partial charge in [-0.25, -0.2) is 0 Å². The van der Waals surface area contributed by atoms with Crippen LogP contribution in [0.4, 0.5) is 0 Å². The molecule has 0 bridgehead atoms. The highest BCUT2D eigenvalue weighted by molar-refractivity contribution is 5.70. The first-order valence-electron chi connectivity index (χ1n) is 5.64. The first-order chi connectivity index (χ1) is 8.08. The van der Waals surface area contributed by atoms with Crippen molar-refractivity contribution in [2.45, 2.75) is 26.3 Å². The molecule has 1 aromatic rings. The molecule has 0 aliphatic heterocycles. The summed E-state index contributed by atoms with van der Waals surface area (Å²) >= 11 is 0. The average molecular weight is 237 g/mol. The van der Waals surface area contributed by atoms with Crippen LogP contribution in [0.15, 0.2) is 18.2 Å². The van der Waals surface area contributed by atoms with E-state index in [0.717, 1.165) is 16.9 Å². The fourth-order valence-electron chi connectivity index (χ4n) is 1.65. The molecule has 0 fully saturated rings. The molecular weight excluding hydrogens is 218 g/mol. The normalized spacial score (nSPS) is 12.0. The number of ether oxygens (including phenoxy) is 2. The number of methoxy groups -OCH3 is 1. The van der Waals surface area contributed by atoms with Gasteiger partial charge in [0.15, 0.2) is 0 Å². The van der Waals surface area contributed by atoms with E-state index in [1.165, 1.54) is 0 Å². The lowest BCUT2D eigenvalue weighted by atomic mass is 10.0. The van der Waals surface area contributed by atoms with E-state index in [-0.39, 0.29) is 18.4 Å². The standard InChI is InChI=1S/C13H19NO3/c1-4-17-13(15)8-11(14)10-5-6-12(16-3)9(2)7-10/h5-7,11H,4,8,14H2,1-3H3. The van der Waals surface area contributed by atoms with Gasteiger partial charge in [0.05, 0.1) is 20.1 Å². The molecular formula is C13H19NO3. The fourth-order valence-corrected chi connectivity index (χ4v) is 1.65. The molecule has 0 amide bonds. The van der Waals surface area contributed by atoms with E-state index in [0.29, 0.717) is 6.61 Å². The van der Waals surface area contributed by atoms with E-state index in [4.69, 9.17) is 15.2 Å². The van der Waals surface area contributed by atoms with Gasteiger partial charge in [0.25, 0.3) is 0 Å². The number of hydrogen-bond acceptors (Lipinski definition) is 4. The summed E-state index contributed by atoms with van der Waals surface area (Å²) in [6.45, 7) is 4.10. The zero-order valence-corrected chi connectivity index (χ0v) is 10.5. The molecule has 4 nitrogen and oxygen atoms in total. The zero-order chi connectivity index (χ0) is 12.8. The van der Waals surface area contributed by atoms with E-state index in [9.17, 15) is 4.79 Å². The number of esters is 1. The molecule has 0 saturated heterocycles. The van der Waals surface area contributed by atoms with Crippen molar-refractivity contribution in [3.8, 4) is 5.75 Å². The Balaban J connectivity index is 2.72. The van der Waals surface area contributed by atoms with Crippen molar-refractivity contribution in [3.05, 3.63) is 29.3 Å². The Morgan fingerprint density at radius 2 is 2.18 bits per heavy atom. The monoisotopic (exact) mass is 237 g/mol. The number of rotatable bonds is 5. The van der Waals surface area contributed by atoms with Crippen molar-refractivity contribution in [2.24, 2.45) is 5.73 Å². The van der Waals surface area contributed by atoms with Gasteiger partial charge in [0, 0.05) is 6.04 Å². The Kier molecular flexibility index (Phi) is 4.97. The summed E-state index contributed by atoms with van der Waals surface area (Å²) < 4.78 is 10.0. The van der Waals surface area contributed by atoms with Gasteiger partial charge in [0.2, 0.25) is 0 Å². The predicted molar refractivity (Wildman–Crippen MR) is 65.9 cm³/mol. The van der Waals surface area contributed by atoms with Crippen molar-refractivity contribution in [1.82, 2.24) is 0 Å². The molecule has 0 saturated carbocycles. The number of hydrogen-bond donors (Lipinski definition) is 1. The zero-order valence-electron chi connectivity index (χ0n) is 10.5. The third kappa shape index (κ3) is 3.75. The van der Waals surface area contributed by atoms with Crippen LogP contribution >= 0.6 is 0 Å². The average Bonchev–Trinajstić information content (AvgIpc) is 2.29. The first kappa shape index (κ1) is 13.5. The quantitative estimate of drug-likeness (QED) is 0.795. The van der Waals surface area contributed by atoms with Crippen molar-refractivity contribution < 1.29 is 14.3 Å². The predicted octanol–water partition coefficient (Wildman–Crippen LogP) is 1.96. The third-order valence-electron chi connectivity index (χ3n) is 2.54. The summed E-state index contributed by atoms with van der Waals surface area (Å²) in [6, 6.07) is 5.33. The Hall–Kier alpha value is -1.55. The van der Waals surface area contributed by atoms with Crippen molar-refractivity contribution >= 4 is 5.97 Å². The molecule has 0 aliphatic rings. The highest BCUT2D eigenvalue weighted by Gasteiger charge is 2.13. The number of nitrogens with two attached hydrogens (primary N) is 1. The van der Waals surface area contributed by atoms with Crippen LogP contribution in [0.2, 0.25) is 0 Å². The Morgan fingerprint density at radius 1 is 1.47 bits per heavy atom. The molecule has 17 heavy (non-hydrogen) atoms. The molecule has 0 aromatic heterocycles. The Morgan fingerprint density at radius 3 is 2.71 bits per heavy atom. The van der Waals surface area contributed by atoms with Crippen LogP contribution < -0.4 is 10.5 Å². The summed E-state index contributed by atoms with van der Waals surface area (Å²) in [5.41, 5.74) is 7.86. The molecule has 0 radical (unpaired) electrons. The van der Waals surface area contributed by atoms with Crippen molar-refractivity contribution in [2.75, 3.05) is 13.7 Å². The van der Waals surface area contributed by atoms with Crippen LogP contribution in [0.25, 0.3) is 0 Å². The van der Waals surface area contributed by atoms with Gasteiger partial charge in [-0.15, -0.1) is 0 Å². The van der Waals surface area contributed by atoms with E-state index in [2.05, 4.69) is 0 Å². The third-order valence-corrected chi connectivity index (χ3v) is 2.54. The second-order valence-electron chi connectivity index (χ2n) is 3.84. The summed E-state index contributed by atoms with van der Waals surface area (Å²) in [7, 11) is 1.63. The minimum Gasteiger partial charge on any atom is -0.496 e. The lowest BCUT2D eigenvalue weighted by Crippen LogP contribution is -2.17. The van der Waals surface area contributed by atoms with Crippen LogP contribution in [-0.4, -0.2) is 19.7 Å². The van der Waals surface area contributed by atoms with Gasteiger partial charge < -0.3 is 15.2 Å². The fraction of sp³-hybridized carbons (Fsp3) is 0.462. The van der Waals surface area contributed by atoms with Crippen LogP contribution in [-0.2, 0) is 9.53 Å². The maximum Gasteiger partial charge on any atom is 0.307 e. The molecule has 0 heterocycles. The van der Waals surface area contributed by atoms with Gasteiger partial charge >= 0.3 is 5.97 Å². The van der Waals surface area contributed by atoms with Gasteiger partial charge in [0.1, 0.15) is 5.75 Å². The number of carbonyl (C=O) groups excluding carboxylic acids is 1. The van der Waals surface area contributed by atoms with Gasteiger partial charge in [-0.3, -0.25) is 4.79 Å². The lowest BCUT2D eigenvalue weighted by Gasteiger charge is -2.13. The minimum atomic E-state index is -0.335. The molecule has 1 aromatic carbocycles. The minimum absolute atomic E-state index is 0.194. The van der Waals surface area contributed by atoms with Crippen molar-refractivity contribution in [3.63, 3.8) is 0 Å². The summed E-state index contributed by atoms with van der Waals surface area (Å²) in [5, 5.41) is 0. The molecule has 0 aliphatic carbocycles. The maximum absolute atomic E-state index is 11.3. The lowest BCUT2D eigenvalue weighted by molar-refractivity contribution is -0.143. The maximum atomic E-state index is 11.3. The smallest absolute Gasteiger partial charge is 0.307 e. The molecule has 0 spiro atoms. The number of benzene rings is 1. The molecule has 4 heteroatoms. The van der Waals surface area contributed by atoms with Crippen LogP contribution in [0.5, 0.6) is 5.75 Å². The highest BCUT2D eigenvalue weighted by atomic mass is 16.5. The van der Waals surface area contributed by atoms with Crippen LogP contribution in [0.1, 0.15) is 30.5 Å². The van der Waals surface area contributed by atoms with E-state index >= 15 is 0 Å². The second kappa shape index (κ2) is 6.25. The number of carbonyl (C=O) groups is 1. The van der Waals surface area contributed by atoms with Crippen molar-refractivity contribution in [1.29, 1.82) is 0 Å². The van der Waals surface area contributed by atoms with Crippen LogP contribution in [0.3, 0.4) is 0 Å². The SMILES string of the molecule is CCOC(=O)CC(N)c1ccc(OC)c(C)c1. The van der Waals surface area contributed by atoms with Gasteiger partial charge in [-0.1, -0.05) is 12.1 Å². The number of aryl methyl sites for hydroxylation is 1. The molecule has 94 valence electrons. The van der Waals surface area contributed by atoms with E-state index in [1.54, 1.807) is 14.0 Å². The topological polar surface area (TPSA) is 61.5 Å². The summed E-state index contributed by atoms with van der Waals surface area (Å²) in [6.07, 6.45) is 0.194. The van der Waals surface area contributed by atoms with Gasteiger partial charge in [-0.2, -0.15) is 0 Å². The largest absolute Gasteiger partial charge is 0.496 e.